The summed E-state index contributed by atoms with van der Waals surface area (Å²) in [6, 6.07) is 0. The molecule has 5 atom stereocenters. The van der Waals surface area contributed by atoms with Crippen molar-refractivity contribution in [3.8, 4) is 24.7 Å². The van der Waals surface area contributed by atoms with Gasteiger partial charge in [0.2, 0.25) is 0 Å². The molecule has 0 saturated carbocycles. The Hall–Kier alpha value is -1.51. The second-order valence-corrected chi connectivity index (χ2v) is 10.3. The zero-order chi connectivity index (χ0) is 33.1. The fourth-order valence-electron chi connectivity index (χ4n) is 3.11. The van der Waals surface area contributed by atoms with E-state index in [0.29, 0.717) is 13.0 Å². The molecule has 0 aliphatic carbocycles. The Labute approximate surface area is 260 Å². The highest BCUT2D eigenvalue weighted by molar-refractivity contribution is 4.83. The maximum Gasteiger partial charge on any atom is 0.287 e. The fourth-order valence-corrected chi connectivity index (χ4v) is 3.11. The average molecular weight is 642 g/mol. The Morgan fingerprint density at radius 2 is 0.977 bits per heavy atom. The van der Waals surface area contributed by atoms with E-state index in [1.807, 2.05) is 13.8 Å². The van der Waals surface area contributed by atoms with Crippen LogP contribution >= 0.6 is 0 Å². The van der Waals surface area contributed by atoms with Crippen molar-refractivity contribution < 1.29 is 67.4 Å². The summed E-state index contributed by atoms with van der Waals surface area (Å²) in [6.07, 6.45) is 7.08. The highest BCUT2D eigenvalue weighted by Gasteiger charge is 2.25. The fraction of sp³-hybridized carbons (Fsp3) is 0.862. The number of aliphatic hydroxyl groups is 4. The number of hydrogen-bond acceptors (Lipinski definition) is 14. The summed E-state index contributed by atoms with van der Waals surface area (Å²) in [5.74, 6) is 2.03. The van der Waals surface area contributed by atoms with Gasteiger partial charge in [-0.2, -0.15) is 4.39 Å². The van der Waals surface area contributed by atoms with Crippen LogP contribution in [-0.2, 0) is 42.6 Å². The maximum atomic E-state index is 14.3. The highest BCUT2D eigenvalue weighted by Crippen LogP contribution is 2.14. The molecule has 258 valence electrons. The molecule has 0 radical (unpaired) electrons. The Balaban J connectivity index is 3.79. The van der Waals surface area contributed by atoms with Gasteiger partial charge in [0.05, 0.1) is 84.9 Å². The molecule has 5 unspecified atom stereocenters. The van der Waals surface area contributed by atoms with Crippen LogP contribution in [0.15, 0.2) is 0 Å². The van der Waals surface area contributed by atoms with Crippen LogP contribution < -0.4 is 5.73 Å². The van der Waals surface area contributed by atoms with E-state index in [2.05, 4.69) is 11.8 Å². The molecule has 6 N–H and O–H groups in total. The van der Waals surface area contributed by atoms with Gasteiger partial charge >= 0.3 is 0 Å². The molecule has 0 spiro atoms. The topological polar surface area (TPSA) is 190 Å². The van der Waals surface area contributed by atoms with Crippen LogP contribution in [0.5, 0.6) is 0 Å². The molecule has 44 heavy (non-hydrogen) atoms. The van der Waals surface area contributed by atoms with Crippen molar-refractivity contribution in [2.24, 2.45) is 5.73 Å². The minimum atomic E-state index is -2.54. The summed E-state index contributed by atoms with van der Waals surface area (Å²) in [4.78, 5) is 0. The van der Waals surface area contributed by atoms with Crippen LogP contribution in [0.1, 0.15) is 20.3 Å². The molecular weight excluding hydrogens is 589 g/mol. The van der Waals surface area contributed by atoms with Crippen LogP contribution in [0.4, 0.5) is 4.39 Å². The lowest BCUT2D eigenvalue weighted by molar-refractivity contribution is -0.190. The molecule has 0 aromatic carbocycles. The number of nitrogens with two attached hydrogens (primary N) is 1. The second kappa shape index (κ2) is 26.7. The van der Waals surface area contributed by atoms with Gasteiger partial charge in [-0.3, -0.25) is 5.73 Å². The first-order chi connectivity index (χ1) is 20.9. The van der Waals surface area contributed by atoms with Crippen molar-refractivity contribution in [2.45, 2.75) is 56.3 Å². The monoisotopic (exact) mass is 641 g/mol. The van der Waals surface area contributed by atoms with E-state index in [0.717, 1.165) is 0 Å². The molecule has 0 fully saturated rings. The van der Waals surface area contributed by atoms with E-state index in [1.54, 1.807) is 0 Å². The van der Waals surface area contributed by atoms with Crippen molar-refractivity contribution in [3.63, 3.8) is 0 Å². The van der Waals surface area contributed by atoms with E-state index in [-0.39, 0.29) is 92.5 Å². The Kier molecular flexibility index (Phi) is 25.8. The molecule has 0 saturated heterocycles. The normalized spacial score (nSPS) is 16.0. The van der Waals surface area contributed by atoms with E-state index in [1.165, 1.54) is 0 Å². The lowest BCUT2D eigenvalue weighted by Gasteiger charge is -2.26. The van der Waals surface area contributed by atoms with Crippen LogP contribution in [0.3, 0.4) is 0 Å². The molecule has 0 amide bonds. The van der Waals surface area contributed by atoms with Crippen LogP contribution in [-0.4, -0.2) is 162 Å². The summed E-state index contributed by atoms with van der Waals surface area (Å²) < 4.78 is 61.2. The molecule has 0 rings (SSSR count). The maximum absolute atomic E-state index is 14.3. The third-order valence-corrected chi connectivity index (χ3v) is 5.29. The van der Waals surface area contributed by atoms with Gasteiger partial charge in [-0.1, -0.05) is 11.8 Å². The first-order valence-electron chi connectivity index (χ1n) is 14.3. The Bertz CT molecular complexity index is 763. The molecule has 15 heteroatoms. The van der Waals surface area contributed by atoms with Gasteiger partial charge in [-0.15, -0.1) is 12.8 Å². The predicted molar refractivity (Wildman–Crippen MR) is 156 cm³/mol. The number of hydrogen-bond donors (Lipinski definition) is 5. The number of ether oxygens (including phenoxy) is 9. The number of halogens is 1. The summed E-state index contributed by atoms with van der Waals surface area (Å²) in [7, 11) is 0. The van der Waals surface area contributed by atoms with Gasteiger partial charge < -0.3 is 63.1 Å². The van der Waals surface area contributed by atoms with E-state index in [4.69, 9.17) is 61.2 Å². The molecule has 0 aromatic rings. The molecule has 0 aromatic heterocycles. The molecule has 14 nitrogen and oxygen atoms in total. The standard InChI is InChI=1S/C29H52FNO13/c1-5-8-36-15-24(32)19-41-21-26(34)17-38-10-7-28(3,4)43-13-12-40-23-29(30,31)44-14-11-39-18-27(35)22-42-20-25(33)16-37-9-6-2/h1-2,24-27,32-35H,7-23,31H2,3-4H3. The minimum Gasteiger partial charge on any atom is -0.388 e. The number of rotatable bonds is 31. The first kappa shape index (κ1) is 42.5. The molecule has 0 bridgehead atoms. The van der Waals surface area contributed by atoms with Gasteiger partial charge in [0.1, 0.15) is 44.2 Å². The number of aliphatic hydroxyl groups excluding tert-OH is 4. The SMILES string of the molecule is C#CCOCC(O)COCC(O)COCCOC(N)(F)COCCOC(C)(C)CCOCC(O)COCC(O)COCC#C. The quantitative estimate of drug-likeness (QED) is 0.0257. The van der Waals surface area contributed by atoms with Crippen molar-refractivity contribution in [1.82, 2.24) is 0 Å². The summed E-state index contributed by atoms with van der Waals surface area (Å²) in [6.45, 7) is 3.63. The van der Waals surface area contributed by atoms with Crippen molar-refractivity contribution >= 4 is 0 Å². The predicted octanol–water partition coefficient (Wildman–Crippen LogP) is -1.40. The molecule has 0 aliphatic rings. The zero-order valence-electron chi connectivity index (χ0n) is 25.9. The molecule has 0 heterocycles. The first-order valence-corrected chi connectivity index (χ1v) is 14.3. The molecular formula is C29H52FNO13. The van der Waals surface area contributed by atoms with Gasteiger partial charge in [0.15, 0.2) is 0 Å². The Morgan fingerprint density at radius 3 is 1.45 bits per heavy atom. The van der Waals surface area contributed by atoms with Crippen molar-refractivity contribution in [3.05, 3.63) is 0 Å². The van der Waals surface area contributed by atoms with Gasteiger partial charge in [0, 0.05) is 6.61 Å². The number of alkyl halides is 1. The zero-order valence-corrected chi connectivity index (χ0v) is 25.9. The van der Waals surface area contributed by atoms with E-state index < -0.39 is 42.6 Å². The average Bonchev–Trinajstić information content (AvgIpc) is 2.95. The highest BCUT2D eigenvalue weighted by atomic mass is 19.2. The second-order valence-electron chi connectivity index (χ2n) is 10.3. The summed E-state index contributed by atoms with van der Waals surface area (Å²) in [5, 5.41) is 39.0. The number of terminal acetylenes is 2. The van der Waals surface area contributed by atoms with E-state index >= 15 is 0 Å². The summed E-state index contributed by atoms with van der Waals surface area (Å²) >= 11 is 0. The van der Waals surface area contributed by atoms with Gasteiger partial charge in [0.25, 0.3) is 5.98 Å². The van der Waals surface area contributed by atoms with Gasteiger partial charge in [-0.05, 0) is 20.3 Å². The van der Waals surface area contributed by atoms with Gasteiger partial charge in [-0.25, -0.2) is 0 Å². The van der Waals surface area contributed by atoms with Crippen molar-refractivity contribution in [1.29, 1.82) is 0 Å². The third-order valence-electron chi connectivity index (χ3n) is 5.29. The lowest BCUT2D eigenvalue weighted by Crippen LogP contribution is -2.44. The third kappa shape index (κ3) is 28.0. The van der Waals surface area contributed by atoms with E-state index in [9.17, 15) is 24.8 Å². The lowest BCUT2D eigenvalue weighted by atomic mass is 10.1. The largest absolute Gasteiger partial charge is 0.388 e. The van der Waals surface area contributed by atoms with Crippen molar-refractivity contribution in [2.75, 3.05) is 106 Å². The van der Waals surface area contributed by atoms with Crippen LogP contribution in [0, 0.1) is 24.7 Å². The van der Waals surface area contributed by atoms with Crippen LogP contribution in [0.2, 0.25) is 0 Å². The smallest absolute Gasteiger partial charge is 0.287 e. The summed E-state index contributed by atoms with van der Waals surface area (Å²) in [5.41, 5.74) is 4.88. The molecule has 0 aliphatic heterocycles. The minimum absolute atomic E-state index is 0.000783. The van der Waals surface area contributed by atoms with Crippen LogP contribution in [0.25, 0.3) is 0 Å². The Morgan fingerprint density at radius 1 is 0.591 bits per heavy atom.